The van der Waals surface area contributed by atoms with Crippen LogP contribution >= 0.6 is 0 Å². The molecule has 6 nitrogen and oxygen atoms in total. The third-order valence-electron chi connectivity index (χ3n) is 8.89. The molecule has 5 rings (SSSR count). The highest BCUT2D eigenvalue weighted by atomic mass is 16.6. The van der Waals surface area contributed by atoms with Gasteiger partial charge in [-0.3, -0.25) is 4.79 Å². The zero-order valence-corrected chi connectivity index (χ0v) is 21.7. The molecule has 2 atom stereocenters. The van der Waals surface area contributed by atoms with Crippen molar-refractivity contribution in [1.82, 2.24) is 9.97 Å². The van der Waals surface area contributed by atoms with Crippen molar-refractivity contribution in [2.24, 2.45) is 10.8 Å². The molecule has 2 aromatic carbocycles. The molecule has 1 aliphatic heterocycles. The standard InChI is InChI=1S/C29H36N4O2/c1-8-33(9-2)24-17-22-21(31-25(32-22)20-12-10-18(3)11-13-20)16-23(24)30-19(4)29-15-14-28(7,26(34)35-29)27(29,5)6/h10-13,16-17,30H,4,8-9,14-15H2,1-3,5-7H3,(H,31,32). The van der Waals surface area contributed by atoms with Crippen LogP contribution in [0.4, 0.5) is 11.4 Å². The van der Waals surface area contributed by atoms with E-state index >= 15 is 0 Å². The van der Waals surface area contributed by atoms with Gasteiger partial charge in [0.05, 0.1) is 33.5 Å². The van der Waals surface area contributed by atoms with E-state index in [0.29, 0.717) is 0 Å². The summed E-state index contributed by atoms with van der Waals surface area (Å²) >= 11 is 0. The van der Waals surface area contributed by atoms with Crippen LogP contribution < -0.4 is 10.2 Å². The number of imidazole rings is 1. The molecule has 184 valence electrons. The van der Waals surface area contributed by atoms with Gasteiger partial charge in [0.1, 0.15) is 5.82 Å². The molecule has 35 heavy (non-hydrogen) atoms. The Hall–Kier alpha value is -3.28. The molecule has 2 heterocycles. The molecule has 1 saturated carbocycles. The topological polar surface area (TPSA) is 70.2 Å². The molecule has 2 unspecified atom stereocenters. The average Bonchev–Trinajstić information content (AvgIpc) is 3.37. The molecular weight excluding hydrogens is 436 g/mol. The maximum absolute atomic E-state index is 12.8. The lowest BCUT2D eigenvalue weighted by Gasteiger charge is -2.39. The van der Waals surface area contributed by atoms with E-state index in [2.05, 4.69) is 92.8 Å². The van der Waals surface area contributed by atoms with E-state index in [1.807, 2.05) is 6.92 Å². The number of nitrogens with zero attached hydrogens (tertiary/aromatic N) is 2. The Balaban J connectivity index is 1.57. The van der Waals surface area contributed by atoms with Crippen molar-refractivity contribution in [2.75, 3.05) is 23.3 Å². The number of carbonyl (C=O) groups is 1. The van der Waals surface area contributed by atoms with Gasteiger partial charge in [-0.15, -0.1) is 0 Å². The second-order valence-electron chi connectivity index (χ2n) is 10.8. The predicted octanol–water partition coefficient (Wildman–Crippen LogP) is 6.43. The number of ether oxygens (including phenoxy) is 1. The Morgan fingerprint density at radius 2 is 1.83 bits per heavy atom. The zero-order valence-electron chi connectivity index (χ0n) is 21.7. The van der Waals surface area contributed by atoms with Gasteiger partial charge in [0.25, 0.3) is 0 Å². The number of carbonyl (C=O) groups excluding carboxylic acids is 1. The number of rotatable bonds is 7. The number of hydrogen-bond donors (Lipinski definition) is 2. The van der Waals surface area contributed by atoms with E-state index in [4.69, 9.17) is 9.72 Å². The van der Waals surface area contributed by atoms with Crippen LogP contribution in [0.25, 0.3) is 22.4 Å². The predicted molar refractivity (Wildman–Crippen MR) is 143 cm³/mol. The number of fused-ring (bicyclic) bond motifs is 3. The minimum absolute atomic E-state index is 0.118. The Morgan fingerprint density at radius 1 is 1.14 bits per heavy atom. The van der Waals surface area contributed by atoms with Crippen LogP contribution in [0.3, 0.4) is 0 Å². The fourth-order valence-electron chi connectivity index (χ4n) is 5.98. The summed E-state index contributed by atoms with van der Waals surface area (Å²) in [5.74, 6) is 0.727. The Labute approximate surface area is 207 Å². The number of aromatic amines is 1. The number of aryl methyl sites for hydroxylation is 1. The van der Waals surface area contributed by atoms with Gasteiger partial charge in [0.15, 0.2) is 5.60 Å². The summed E-state index contributed by atoms with van der Waals surface area (Å²) in [5, 5.41) is 3.60. The summed E-state index contributed by atoms with van der Waals surface area (Å²) in [6.07, 6.45) is 1.58. The number of anilines is 2. The average molecular weight is 473 g/mol. The van der Waals surface area contributed by atoms with Gasteiger partial charge in [-0.1, -0.05) is 50.3 Å². The second-order valence-corrected chi connectivity index (χ2v) is 10.8. The highest BCUT2D eigenvalue weighted by Crippen LogP contribution is 2.67. The molecule has 0 radical (unpaired) electrons. The maximum Gasteiger partial charge on any atom is 0.313 e. The van der Waals surface area contributed by atoms with Crippen LogP contribution in [-0.4, -0.2) is 34.6 Å². The molecular formula is C29H36N4O2. The SMILES string of the molecule is C=C(Nc1cc2[nH]c(-c3ccc(C)cc3)nc2cc1N(CC)CC)C12CCC(C)(C(=O)O1)C2(C)C. The molecule has 2 N–H and O–H groups in total. The molecule has 2 fully saturated rings. The van der Waals surface area contributed by atoms with Crippen molar-refractivity contribution < 1.29 is 9.53 Å². The number of aromatic nitrogens is 2. The lowest BCUT2D eigenvalue weighted by Crippen LogP contribution is -2.44. The normalized spacial score (nSPS) is 24.6. The fourth-order valence-corrected chi connectivity index (χ4v) is 5.98. The quantitative estimate of drug-likeness (QED) is 0.388. The van der Waals surface area contributed by atoms with Crippen molar-refractivity contribution in [3.63, 3.8) is 0 Å². The van der Waals surface area contributed by atoms with Crippen molar-refractivity contribution in [2.45, 2.75) is 60.0 Å². The highest BCUT2D eigenvalue weighted by molar-refractivity contribution is 5.91. The summed E-state index contributed by atoms with van der Waals surface area (Å²) in [5.41, 5.74) is 5.30. The summed E-state index contributed by atoms with van der Waals surface area (Å²) < 4.78 is 6.08. The monoisotopic (exact) mass is 472 g/mol. The Bertz CT molecular complexity index is 1320. The van der Waals surface area contributed by atoms with E-state index in [0.717, 1.165) is 65.4 Å². The minimum atomic E-state index is -0.727. The van der Waals surface area contributed by atoms with E-state index in [9.17, 15) is 4.79 Å². The molecule has 2 bridgehead atoms. The Morgan fingerprint density at radius 3 is 2.40 bits per heavy atom. The van der Waals surface area contributed by atoms with Crippen LogP contribution in [0, 0.1) is 17.8 Å². The molecule has 0 amide bonds. The van der Waals surface area contributed by atoms with E-state index in [1.54, 1.807) is 0 Å². The van der Waals surface area contributed by atoms with Gasteiger partial charge >= 0.3 is 5.97 Å². The number of H-pyrrole nitrogens is 1. The van der Waals surface area contributed by atoms with Gasteiger partial charge in [-0.25, -0.2) is 4.98 Å². The van der Waals surface area contributed by atoms with Crippen molar-refractivity contribution in [3.8, 4) is 11.4 Å². The van der Waals surface area contributed by atoms with Crippen LogP contribution in [-0.2, 0) is 9.53 Å². The highest BCUT2D eigenvalue weighted by Gasteiger charge is 2.73. The number of benzene rings is 2. The van der Waals surface area contributed by atoms with Crippen LogP contribution in [0.5, 0.6) is 0 Å². The third-order valence-corrected chi connectivity index (χ3v) is 8.89. The molecule has 1 aliphatic carbocycles. The first kappa shape index (κ1) is 23.5. The van der Waals surface area contributed by atoms with E-state index in [-0.39, 0.29) is 11.4 Å². The minimum Gasteiger partial charge on any atom is -0.452 e. The lowest BCUT2D eigenvalue weighted by atomic mass is 9.65. The molecule has 0 spiro atoms. The zero-order chi connectivity index (χ0) is 25.2. The summed E-state index contributed by atoms with van der Waals surface area (Å²) in [4.78, 5) is 23.5. The smallest absolute Gasteiger partial charge is 0.313 e. The third kappa shape index (κ3) is 3.22. The van der Waals surface area contributed by atoms with Crippen LogP contribution in [0.2, 0.25) is 0 Å². The molecule has 3 aromatic rings. The van der Waals surface area contributed by atoms with E-state index in [1.165, 1.54) is 5.56 Å². The molecule has 2 aliphatic rings. The maximum atomic E-state index is 12.8. The first-order valence-electron chi connectivity index (χ1n) is 12.6. The molecule has 6 heteroatoms. The van der Waals surface area contributed by atoms with Gasteiger partial charge < -0.3 is 19.9 Å². The van der Waals surface area contributed by atoms with Crippen LogP contribution in [0.15, 0.2) is 48.7 Å². The first-order chi connectivity index (χ1) is 16.6. The van der Waals surface area contributed by atoms with Crippen molar-refractivity contribution in [3.05, 3.63) is 54.2 Å². The summed E-state index contributed by atoms with van der Waals surface area (Å²) in [6.45, 7) is 18.8. The van der Waals surface area contributed by atoms with Gasteiger partial charge in [0, 0.05) is 24.1 Å². The molecule has 1 aromatic heterocycles. The summed E-state index contributed by atoms with van der Waals surface area (Å²) in [6, 6.07) is 12.6. The van der Waals surface area contributed by atoms with Crippen LogP contribution in [0.1, 0.15) is 53.0 Å². The largest absolute Gasteiger partial charge is 0.452 e. The number of nitrogens with one attached hydrogen (secondary N) is 2. The second kappa shape index (κ2) is 7.87. The van der Waals surface area contributed by atoms with Gasteiger partial charge in [0.2, 0.25) is 0 Å². The van der Waals surface area contributed by atoms with Gasteiger partial charge in [-0.2, -0.15) is 0 Å². The number of esters is 1. The Kier molecular flexibility index (Phi) is 5.28. The number of hydrogen-bond acceptors (Lipinski definition) is 5. The van der Waals surface area contributed by atoms with Crippen molar-refractivity contribution >= 4 is 28.4 Å². The first-order valence-corrected chi connectivity index (χ1v) is 12.6. The fraction of sp³-hybridized carbons (Fsp3) is 0.448. The summed E-state index contributed by atoms with van der Waals surface area (Å²) in [7, 11) is 0. The van der Waals surface area contributed by atoms with E-state index < -0.39 is 11.0 Å². The lowest BCUT2D eigenvalue weighted by molar-refractivity contribution is -0.157. The van der Waals surface area contributed by atoms with Gasteiger partial charge in [-0.05, 0) is 52.7 Å². The molecule has 1 saturated heterocycles. The van der Waals surface area contributed by atoms with Crippen molar-refractivity contribution in [1.29, 1.82) is 0 Å².